The molecule has 1 saturated carbocycles. The van der Waals surface area contributed by atoms with Crippen LogP contribution in [0.2, 0.25) is 0 Å². The van der Waals surface area contributed by atoms with Crippen LogP contribution in [0.5, 0.6) is 0 Å². The van der Waals surface area contributed by atoms with E-state index in [1.54, 1.807) is 7.05 Å². The van der Waals surface area contributed by atoms with E-state index in [4.69, 9.17) is 0 Å². The van der Waals surface area contributed by atoms with E-state index < -0.39 is 10.0 Å². The van der Waals surface area contributed by atoms with E-state index in [2.05, 4.69) is 0 Å². The van der Waals surface area contributed by atoms with Gasteiger partial charge in [-0.25, -0.2) is 17.1 Å². The lowest BCUT2D eigenvalue weighted by molar-refractivity contribution is 0.356. The Labute approximate surface area is 108 Å². The molecule has 0 heterocycles. The van der Waals surface area contributed by atoms with Gasteiger partial charge in [0.1, 0.15) is 5.82 Å². The Morgan fingerprint density at radius 3 is 2.39 bits per heavy atom. The Morgan fingerprint density at radius 1 is 1.33 bits per heavy atom. The van der Waals surface area contributed by atoms with Gasteiger partial charge in [-0.1, -0.05) is 12.1 Å². The molecule has 2 rings (SSSR count). The summed E-state index contributed by atoms with van der Waals surface area (Å²) in [5.41, 5.74) is 0.617. The molecule has 0 bridgehead atoms. The molecule has 5 heteroatoms. The molecule has 0 aromatic heterocycles. The van der Waals surface area contributed by atoms with Gasteiger partial charge >= 0.3 is 0 Å². The van der Waals surface area contributed by atoms with E-state index >= 15 is 0 Å². The molecule has 0 saturated heterocycles. The predicted molar refractivity (Wildman–Crippen MR) is 69.0 cm³/mol. The Balaban J connectivity index is 2.08. The van der Waals surface area contributed by atoms with E-state index in [1.165, 1.54) is 28.6 Å². The summed E-state index contributed by atoms with van der Waals surface area (Å²) < 4.78 is 38.6. The fourth-order valence-electron chi connectivity index (χ4n) is 2.02. The first-order valence-corrected chi connectivity index (χ1v) is 7.71. The number of benzene rings is 1. The van der Waals surface area contributed by atoms with Crippen LogP contribution in [0, 0.1) is 11.7 Å². The molecule has 0 spiro atoms. The van der Waals surface area contributed by atoms with Crippen molar-refractivity contribution in [3.8, 4) is 0 Å². The van der Waals surface area contributed by atoms with Crippen LogP contribution in [0.25, 0.3) is 0 Å². The number of nitrogens with zero attached hydrogens (tertiary/aromatic N) is 1. The molecule has 1 fully saturated rings. The maximum Gasteiger partial charge on any atom is 0.218 e. The summed E-state index contributed by atoms with van der Waals surface area (Å²) in [5.74, 6) is 0.0785. The molecule has 0 N–H and O–H groups in total. The van der Waals surface area contributed by atoms with Crippen LogP contribution in [-0.4, -0.2) is 25.8 Å². The first kappa shape index (κ1) is 13.5. The molecule has 0 radical (unpaired) electrons. The molecule has 0 amide bonds. The zero-order chi connectivity index (χ0) is 13.3. The lowest BCUT2D eigenvalue weighted by atomic mass is 10.2. The Kier molecular flexibility index (Phi) is 3.73. The van der Waals surface area contributed by atoms with E-state index in [0.29, 0.717) is 11.5 Å². The van der Waals surface area contributed by atoms with Crippen molar-refractivity contribution in [3.05, 3.63) is 35.6 Å². The van der Waals surface area contributed by atoms with Gasteiger partial charge in [-0.05, 0) is 43.4 Å². The van der Waals surface area contributed by atoms with Gasteiger partial charge in [0.25, 0.3) is 0 Å². The highest BCUT2D eigenvalue weighted by Crippen LogP contribution is 2.35. The summed E-state index contributed by atoms with van der Waals surface area (Å²) >= 11 is 0. The Bertz CT molecular complexity index is 508. The smallest absolute Gasteiger partial charge is 0.212 e. The second-order valence-corrected chi connectivity index (χ2v) is 7.01. The van der Waals surface area contributed by atoms with Crippen LogP contribution < -0.4 is 0 Å². The molecule has 1 aromatic rings. The van der Waals surface area contributed by atoms with Gasteiger partial charge in [0, 0.05) is 13.1 Å². The van der Waals surface area contributed by atoms with Gasteiger partial charge < -0.3 is 0 Å². The van der Waals surface area contributed by atoms with Gasteiger partial charge in [-0.2, -0.15) is 0 Å². The van der Waals surface area contributed by atoms with E-state index in [9.17, 15) is 12.8 Å². The second-order valence-electron chi connectivity index (χ2n) is 4.98. The van der Waals surface area contributed by atoms with Crippen LogP contribution in [0.3, 0.4) is 0 Å². The highest BCUT2D eigenvalue weighted by Gasteiger charge is 2.35. The maximum atomic E-state index is 12.8. The molecule has 100 valence electrons. The van der Waals surface area contributed by atoms with Crippen molar-refractivity contribution in [2.24, 2.45) is 5.92 Å². The van der Waals surface area contributed by atoms with Crippen molar-refractivity contribution in [1.29, 1.82) is 0 Å². The van der Waals surface area contributed by atoms with Gasteiger partial charge in [0.2, 0.25) is 10.0 Å². The molecule has 1 aliphatic carbocycles. The second kappa shape index (κ2) is 4.97. The van der Waals surface area contributed by atoms with Crippen LogP contribution in [-0.2, 0) is 15.8 Å². The summed E-state index contributed by atoms with van der Waals surface area (Å²) in [6, 6.07) is 5.66. The molecular weight excluding hydrogens is 253 g/mol. The van der Waals surface area contributed by atoms with Gasteiger partial charge in [-0.15, -0.1) is 0 Å². The molecule has 0 aliphatic heterocycles. The van der Waals surface area contributed by atoms with Gasteiger partial charge in [0.05, 0.1) is 5.75 Å². The van der Waals surface area contributed by atoms with E-state index in [1.807, 2.05) is 6.92 Å². The molecule has 0 unspecified atom stereocenters. The van der Waals surface area contributed by atoms with Crippen molar-refractivity contribution < 1.29 is 12.8 Å². The highest BCUT2D eigenvalue weighted by atomic mass is 32.2. The number of rotatable bonds is 5. The minimum absolute atomic E-state index is 0.0513. The molecule has 3 nitrogen and oxygen atoms in total. The van der Waals surface area contributed by atoms with E-state index in [0.717, 1.165) is 12.8 Å². The first-order valence-electron chi connectivity index (χ1n) is 6.10. The molecule has 1 aromatic carbocycles. The lowest BCUT2D eigenvalue weighted by Crippen LogP contribution is -2.37. The summed E-state index contributed by atoms with van der Waals surface area (Å²) in [7, 11) is -1.69. The normalized spacial score (nSPS) is 18.0. The first-order chi connectivity index (χ1) is 8.40. The quantitative estimate of drug-likeness (QED) is 0.824. The zero-order valence-corrected chi connectivity index (χ0v) is 11.5. The van der Waals surface area contributed by atoms with Crippen LogP contribution in [0.1, 0.15) is 25.3 Å². The van der Waals surface area contributed by atoms with Crippen molar-refractivity contribution >= 4 is 10.0 Å². The van der Waals surface area contributed by atoms with Crippen molar-refractivity contribution in [2.75, 3.05) is 7.05 Å². The third-order valence-corrected chi connectivity index (χ3v) is 5.49. The fraction of sp³-hybridized carbons (Fsp3) is 0.538. The van der Waals surface area contributed by atoms with Gasteiger partial charge in [-0.3, -0.25) is 0 Å². The van der Waals surface area contributed by atoms with E-state index in [-0.39, 0.29) is 17.6 Å². The largest absolute Gasteiger partial charge is 0.218 e. The summed E-state index contributed by atoms with van der Waals surface area (Å²) in [6.45, 7) is 1.94. The van der Waals surface area contributed by atoms with Gasteiger partial charge in [0.15, 0.2) is 0 Å². The van der Waals surface area contributed by atoms with Crippen molar-refractivity contribution in [1.82, 2.24) is 4.31 Å². The average molecular weight is 271 g/mol. The third kappa shape index (κ3) is 3.09. The maximum absolute atomic E-state index is 12.8. The van der Waals surface area contributed by atoms with Crippen molar-refractivity contribution in [3.63, 3.8) is 0 Å². The van der Waals surface area contributed by atoms with Crippen LogP contribution in [0.15, 0.2) is 24.3 Å². The molecular formula is C13H18FNO2S. The summed E-state index contributed by atoms with van der Waals surface area (Å²) in [5, 5.41) is 0. The molecule has 18 heavy (non-hydrogen) atoms. The monoisotopic (exact) mass is 271 g/mol. The van der Waals surface area contributed by atoms with Crippen LogP contribution >= 0.6 is 0 Å². The standard InChI is InChI=1S/C13H18FNO2S/c1-10(12-5-6-12)15(2)18(16,17)9-11-3-7-13(14)8-4-11/h3-4,7-8,10,12H,5-6,9H2,1-2H3/t10-/m1/s1. The zero-order valence-electron chi connectivity index (χ0n) is 10.6. The summed E-state index contributed by atoms with van der Waals surface area (Å²) in [4.78, 5) is 0. The number of hydrogen-bond acceptors (Lipinski definition) is 2. The highest BCUT2D eigenvalue weighted by molar-refractivity contribution is 7.88. The summed E-state index contributed by atoms with van der Waals surface area (Å²) in [6.07, 6.45) is 2.22. The number of halogens is 1. The Morgan fingerprint density at radius 2 is 1.89 bits per heavy atom. The average Bonchev–Trinajstić information content (AvgIpc) is 3.14. The Hall–Kier alpha value is -0.940. The lowest BCUT2D eigenvalue weighted by Gasteiger charge is -2.24. The fourth-order valence-corrected chi connectivity index (χ4v) is 3.52. The molecule has 1 atom stereocenters. The topological polar surface area (TPSA) is 37.4 Å². The predicted octanol–water partition coefficient (Wildman–Crippen LogP) is 2.39. The number of sulfonamides is 1. The minimum Gasteiger partial charge on any atom is -0.212 e. The third-order valence-electron chi connectivity index (χ3n) is 3.58. The van der Waals surface area contributed by atoms with Crippen molar-refractivity contribution in [2.45, 2.75) is 31.6 Å². The van der Waals surface area contributed by atoms with Crippen LogP contribution in [0.4, 0.5) is 4.39 Å². The SMILES string of the molecule is C[C@H](C1CC1)N(C)S(=O)(=O)Cc1ccc(F)cc1. The molecule has 1 aliphatic rings. The minimum atomic E-state index is -3.32. The number of hydrogen-bond donors (Lipinski definition) is 0.